The van der Waals surface area contributed by atoms with E-state index in [0.717, 1.165) is 0 Å². The van der Waals surface area contributed by atoms with Crippen molar-refractivity contribution in [3.63, 3.8) is 0 Å². The summed E-state index contributed by atoms with van der Waals surface area (Å²) in [5.74, 6) is 0. The van der Waals surface area contributed by atoms with Crippen molar-refractivity contribution in [3.05, 3.63) is 0 Å². The van der Waals surface area contributed by atoms with Gasteiger partial charge in [0, 0.05) is 0 Å². The molecule has 0 aliphatic rings. The second-order valence-electron chi connectivity index (χ2n) is 3.13. The topological polar surface area (TPSA) is 522 Å². The molecule has 0 unspecified atom stereocenters. The second kappa shape index (κ2) is 29.9. The molecule has 0 spiro atoms. The molecule has 0 saturated carbocycles. The zero-order valence-corrected chi connectivity index (χ0v) is 29.3. The van der Waals surface area contributed by atoms with E-state index in [9.17, 15) is 0 Å². The quantitative estimate of drug-likeness (QED) is 0.0804. The molecule has 0 bridgehead atoms. The normalized spacial score (nSPS) is 10.7. The van der Waals surface area contributed by atoms with Crippen LogP contribution in [0.5, 0.6) is 0 Å². The molecule has 0 aromatic rings. The molecule has 0 radical (unpaired) electrons. The third-order valence-electron chi connectivity index (χ3n) is 0. The van der Waals surface area contributed by atoms with Gasteiger partial charge in [0.15, 0.2) is 0 Å². The van der Waals surface area contributed by atoms with Gasteiger partial charge >= 0.3 is 186 Å². The first kappa shape index (κ1) is 68.2. The molecule has 0 aromatic carbocycles. The third-order valence-corrected chi connectivity index (χ3v) is 0. The van der Waals surface area contributed by atoms with Gasteiger partial charge in [-0.05, 0) is 0 Å². The van der Waals surface area contributed by atoms with Crippen LogP contribution in [-0.2, 0) is 72.8 Å². The van der Waals surface area contributed by atoms with E-state index >= 15 is 0 Å². The van der Waals surface area contributed by atoms with Gasteiger partial charge in [-0.25, -0.2) is 0 Å². The van der Waals surface area contributed by atoms with Crippen molar-refractivity contribution in [1.29, 1.82) is 0 Å². The van der Waals surface area contributed by atoms with Crippen molar-refractivity contribution in [3.8, 4) is 0 Å². The minimum atomic E-state index is -4.67. The first-order valence-electron chi connectivity index (χ1n) is 4.89. The number of rotatable bonds is 0. The Morgan fingerprint density at radius 2 is 0.211 bits per heavy atom. The molecule has 0 fully saturated rings. The monoisotopic (exact) mass is 812 g/mol. The molecule has 0 rings (SSSR count). The Hall–Kier alpha value is 2.87. The Morgan fingerprint density at radius 1 is 0.211 bits per heavy atom. The first-order valence-corrected chi connectivity index (χ1v) is 14.7. The van der Waals surface area contributed by atoms with Crippen LogP contribution in [0.1, 0.15) is 8.56 Å². The molecule has 0 atom stereocenters. The van der Waals surface area contributed by atoms with E-state index in [1.54, 1.807) is 0 Å². The van der Waals surface area contributed by atoms with Crippen LogP contribution < -0.4 is 0 Å². The molecule has 38 heavy (non-hydrogen) atoms. The Kier molecular flexibility index (Phi) is 53.7. The Bertz CT molecular complexity index is 943. The zero-order valence-electron chi connectivity index (χ0n) is 23.0. The van der Waals surface area contributed by atoms with E-state index in [1.165, 1.54) is 0 Å². The largest absolute Gasteiger partial charge is 2.00 e. The SMILES string of the molecule is O=S(=O)(O)O.O=S(=O)(O)O.O=S(=O)(O)O.O=S(=O)(O)O.O=S(=O)(O)O.O=S(=O)(O)O.O=S(=O)(O)O.[Ca+2].[Ca+2].[Ca+2].[H-].[H-].[H-].[H-].[H-].[H-]. The van der Waals surface area contributed by atoms with Gasteiger partial charge in [-0.2, -0.15) is 58.9 Å². The van der Waals surface area contributed by atoms with Gasteiger partial charge in [0.1, 0.15) is 0 Å². The van der Waals surface area contributed by atoms with Gasteiger partial charge in [0.25, 0.3) is 0 Å². The summed E-state index contributed by atoms with van der Waals surface area (Å²) in [6, 6.07) is 0. The number of hydrogen-bond donors (Lipinski definition) is 14. The molecule has 14 N–H and O–H groups in total. The van der Waals surface area contributed by atoms with Crippen LogP contribution in [-0.4, -0.2) is 236 Å². The Labute approximate surface area is 312 Å². The van der Waals surface area contributed by atoms with Crippen LogP contribution in [0, 0.1) is 0 Å². The minimum absolute atomic E-state index is 0. The van der Waals surface area contributed by atoms with Crippen LogP contribution in [0.3, 0.4) is 0 Å². The Morgan fingerprint density at radius 3 is 0.211 bits per heavy atom. The molecular formula is H20Ca3O28S7. The van der Waals surface area contributed by atoms with Crippen LogP contribution in [0.25, 0.3) is 0 Å². The fourth-order valence-corrected chi connectivity index (χ4v) is 0. The van der Waals surface area contributed by atoms with Gasteiger partial charge in [-0.1, -0.05) is 0 Å². The molecule has 236 valence electrons. The molecule has 0 aliphatic carbocycles. The van der Waals surface area contributed by atoms with E-state index in [0.29, 0.717) is 0 Å². The van der Waals surface area contributed by atoms with E-state index in [4.69, 9.17) is 123 Å². The zero-order chi connectivity index (χ0) is 31.5. The van der Waals surface area contributed by atoms with Crippen molar-refractivity contribution in [2.45, 2.75) is 0 Å². The molecule has 0 aliphatic heterocycles. The predicted octanol–water partition coefficient (Wildman–Crippen LogP) is -5.04. The van der Waals surface area contributed by atoms with Gasteiger partial charge in [0.05, 0.1) is 0 Å². The minimum Gasteiger partial charge on any atom is -1.00 e. The van der Waals surface area contributed by atoms with Crippen molar-refractivity contribution in [1.82, 2.24) is 0 Å². The summed E-state index contributed by atoms with van der Waals surface area (Å²) in [5.41, 5.74) is 0. The predicted molar refractivity (Wildman–Crippen MR) is 123 cm³/mol. The van der Waals surface area contributed by atoms with E-state index in [-0.39, 0.29) is 122 Å². The third kappa shape index (κ3) is 6770. The maximum absolute atomic E-state index is 8.74. The summed E-state index contributed by atoms with van der Waals surface area (Å²) in [4.78, 5) is 0. The first-order chi connectivity index (χ1) is 14.0. The standard InChI is InChI=1S/3Ca.7H2O4S.6H/c;;;7*1-5(2,3)4;;;;;;/h;;;7*(H2,1,2,3,4);;;;;;/q3*+2;;;;;;;;6*-1. The second-order valence-corrected chi connectivity index (χ2v) is 9.40. The van der Waals surface area contributed by atoms with Crippen LogP contribution in [0.15, 0.2) is 0 Å². The average molecular weight is 813 g/mol. The van der Waals surface area contributed by atoms with Crippen LogP contribution in [0.4, 0.5) is 0 Å². The molecule has 0 heterocycles. The fourth-order valence-electron chi connectivity index (χ4n) is 0. The summed E-state index contributed by atoms with van der Waals surface area (Å²) in [5, 5.41) is 0. The van der Waals surface area contributed by atoms with Gasteiger partial charge < -0.3 is 8.56 Å². The summed E-state index contributed by atoms with van der Waals surface area (Å²) in [7, 11) is -32.7. The summed E-state index contributed by atoms with van der Waals surface area (Å²) >= 11 is 0. The maximum atomic E-state index is 8.74. The molecule has 28 nitrogen and oxygen atoms in total. The summed E-state index contributed by atoms with van der Waals surface area (Å²) in [6.07, 6.45) is 0. The molecular weight excluding hydrogens is 793 g/mol. The van der Waals surface area contributed by atoms with E-state index in [1.807, 2.05) is 0 Å². The van der Waals surface area contributed by atoms with Crippen molar-refractivity contribution in [2.24, 2.45) is 0 Å². The van der Waals surface area contributed by atoms with Gasteiger partial charge in [-0.3, -0.25) is 63.7 Å². The van der Waals surface area contributed by atoms with Crippen LogP contribution in [0.2, 0.25) is 0 Å². The summed E-state index contributed by atoms with van der Waals surface area (Å²) in [6.45, 7) is 0. The van der Waals surface area contributed by atoms with Gasteiger partial charge in [0.2, 0.25) is 0 Å². The van der Waals surface area contributed by atoms with Crippen molar-refractivity contribution < 1.29 is 131 Å². The number of hydrogen-bond acceptors (Lipinski definition) is 14. The van der Waals surface area contributed by atoms with E-state index in [2.05, 4.69) is 0 Å². The van der Waals surface area contributed by atoms with E-state index < -0.39 is 72.8 Å². The smallest absolute Gasteiger partial charge is 1.00 e. The molecule has 0 aromatic heterocycles. The maximum Gasteiger partial charge on any atom is 2.00 e. The molecule has 0 saturated heterocycles. The summed E-state index contributed by atoms with van der Waals surface area (Å²) < 4.78 is 221. The van der Waals surface area contributed by atoms with Gasteiger partial charge in [-0.15, -0.1) is 0 Å². The molecule has 0 amide bonds. The fraction of sp³-hybridized carbons (Fsp3) is 0. The average Bonchev–Trinajstić information content (AvgIpc) is 2.06. The molecule has 38 heteroatoms. The van der Waals surface area contributed by atoms with Crippen LogP contribution >= 0.6 is 0 Å². The van der Waals surface area contributed by atoms with Crippen molar-refractivity contribution in [2.75, 3.05) is 0 Å². The van der Waals surface area contributed by atoms with Crippen molar-refractivity contribution >= 4 is 186 Å². The Balaban J connectivity index is -0.0000000144.